The van der Waals surface area contributed by atoms with Gasteiger partial charge in [0.05, 0.1) is 18.5 Å². The number of alkyl halides is 1. The first-order chi connectivity index (χ1) is 9.13. The monoisotopic (exact) mass is 286 g/mol. The molecule has 1 saturated heterocycles. The fourth-order valence-corrected chi connectivity index (χ4v) is 2.39. The molecule has 1 aliphatic rings. The first-order valence-electron chi connectivity index (χ1n) is 5.61. The minimum Gasteiger partial charge on any atom is -0.387 e. The van der Waals surface area contributed by atoms with E-state index in [9.17, 15) is 15.0 Å². The van der Waals surface area contributed by atoms with Gasteiger partial charge < -0.3 is 19.9 Å². The molecule has 0 unspecified atom stereocenters. The lowest BCUT2D eigenvalue weighted by molar-refractivity contribution is -0.0291. The third-order valence-electron chi connectivity index (χ3n) is 3.13. The average Bonchev–Trinajstić information content (AvgIpc) is 2.94. The Kier molecular flexibility index (Phi) is 3.02. The topological polar surface area (TPSA) is 113 Å². The lowest BCUT2D eigenvalue weighted by Gasteiger charge is -2.16. The van der Waals surface area contributed by atoms with Crippen LogP contribution in [0.5, 0.6) is 0 Å². The van der Waals surface area contributed by atoms with Crippen LogP contribution < -0.4 is 5.56 Å². The van der Waals surface area contributed by atoms with Gasteiger partial charge in [-0.3, -0.25) is 9.36 Å². The van der Waals surface area contributed by atoms with E-state index in [4.69, 9.17) is 16.3 Å². The number of ether oxygens (including phenoxy) is 1. The van der Waals surface area contributed by atoms with E-state index < -0.39 is 24.5 Å². The van der Waals surface area contributed by atoms with E-state index in [0.717, 1.165) is 0 Å². The van der Waals surface area contributed by atoms with Gasteiger partial charge in [0.25, 0.3) is 5.56 Å². The Hall–Kier alpha value is -1.48. The Bertz CT molecular complexity index is 656. The highest BCUT2D eigenvalue weighted by molar-refractivity contribution is 6.18. The van der Waals surface area contributed by atoms with Crippen LogP contribution >= 0.6 is 11.6 Å². The van der Waals surface area contributed by atoms with Crippen molar-refractivity contribution in [3.8, 4) is 0 Å². The second-order valence-corrected chi connectivity index (χ2v) is 4.56. The van der Waals surface area contributed by atoms with Gasteiger partial charge in [0.15, 0.2) is 17.4 Å². The molecule has 0 aromatic carbocycles. The number of rotatable bonds is 2. The molecule has 3 heterocycles. The number of imidazole rings is 1. The molecule has 4 atom stereocenters. The molecule has 2 aromatic heterocycles. The van der Waals surface area contributed by atoms with E-state index >= 15 is 0 Å². The predicted molar refractivity (Wildman–Crippen MR) is 64.8 cm³/mol. The summed E-state index contributed by atoms with van der Waals surface area (Å²) in [6, 6.07) is 0. The Morgan fingerprint density at radius 3 is 2.89 bits per heavy atom. The van der Waals surface area contributed by atoms with Gasteiger partial charge in [0.2, 0.25) is 0 Å². The molecule has 0 radical (unpaired) electrons. The molecule has 0 aliphatic carbocycles. The fraction of sp³-hybridized carbons (Fsp3) is 0.500. The van der Waals surface area contributed by atoms with Crippen molar-refractivity contribution in [1.29, 1.82) is 0 Å². The van der Waals surface area contributed by atoms with Gasteiger partial charge in [-0.25, -0.2) is 9.97 Å². The van der Waals surface area contributed by atoms with E-state index in [1.807, 2.05) is 0 Å². The molecule has 3 N–H and O–H groups in total. The van der Waals surface area contributed by atoms with Crippen LogP contribution in [0.25, 0.3) is 11.2 Å². The zero-order chi connectivity index (χ0) is 13.6. The third-order valence-corrected chi connectivity index (χ3v) is 3.43. The van der Waals surface area contributed by atoms with Gasteiger partial charge in [-0.15, -0.1) is 11.6 Å². The molecule has 102 valence electrons. The first-order valence-corrected chi connectivity index (χ1v) is 6.14. The average molecular weight is 287 g/mol. The van der Waals surface area contributed by atoms with Gasteiger partial charge in [-0.2, -0.15) is 0 Å². The number of nitrogens with one attached hydrogen (secondary N) is 1. The molecule has 9 heteroatoms. The minimum absolute atomic E-state index is 0.0510. The largest absolute Gasteiger partial charge is 0.387 e. The fourth-order valence-electron chi connectivity index (χ4n) is 2.14. The van der Waals surface area contributed by atoms with Crippen LogP contribution in [0.15, 0.2) is 17.4 Å². The number of halogens is 1. The molecule has 0 saturated carbocycles. The molecule has 0 bridgehead atoms. The van der Waals surface area contributed by atoms with Gasteiger partial charge in [0, 0.05) is 0 Å². The van der Waals surface area contributed by atoms with E-state index in [-0.39, 0.29) is 22.6 Å². The quantitative estimate of drug-likeness (QED) is 0.609. The number of fused-ring (bicyclic) bond motifs is 1. The molecule has 0 amide bonds. The molecule has 3 rings (SSSR count). The van der Waals surface area contributed by atoms with Crippen molar-refractivity contribution >= 4 is 22.8 Å². The van der Waals surface area contributed by atoms with Gasteiger partial charge >= 0.3 is 0 Å². The summed E-state index contributed by atoms with van der Waals surface area (Å²) >= 11 is 5.65. The zero-order valence-corrected chi connectivity index (χ0v) is 10.4. The van der Waals surface area contributed by atoms with Gasteiger partial charge in [-0.1, -0.05) is 0 Å². The smallest absolute Gasteiger partial charge is 0.278 e. The lowest BCUT2D eigenvalue weighted by Crippen LogP contribution is -2.32. The second-order valence-electron chi connectivity index (χ2n) is 4.26. The van der Waals surface area contributed by atoms with Crippen molar-refractivity contribution in [2.45, 2.75) is 24.5 Å². The first kappa shape index (κ1) is 12.5. The summed E-state index contributed by atoms with van der Waals surface area (Å²) in [5.74, 6) is 0.0510. The maximum atomic E-state index is 11.5. The second kappa shape index (κ2) is 4.57. The highest BCUT2D eigenvalue weighted by Gasteiger charge is 2.43. The summed E-state index contributed by atoms with van der Waals surface area (Å²) in [5.41, 5.74) is 0.0306. The van der Waals surface area contributed by atoms with E-state index in [1.54, 1.807) is 0 Å². The summed E-state index contributed by atoms with van der Waals surface area (Å²) in [6.07, 6.45) is -1.24. The summed E-state index contributed by atoms with van der Waals surface area (Å²) in [7, 11) is 0. The van der Waals surface area contributed by atoms with Crippen LogP contribution in [0, 0.1) is 0 Å². The van der Waals surface area contributed by atoms with Crippen molar-refractivity contribution < 1.29 is 14.9 Å². The maximum Gasteiger partial charge on any atom is 0.278 e. The number of hydrogen-bond acceptors (Lipinski definition) is 6. The molecule has 19 heavy (non-hydrogen) atoms. The Morgan fingerprint density at radius 1 is 1.42 bits per heavy atom. The standard InChI is InChI=1S/C10H11ClN4O4/c11-1-4-6(16)7(17)10(19-4)15-3-14-5-8(15)12-2-13-9(5)18/h2-4,6-7,10,16-17H,1H2,(H,12,13,18)/t4-,6-,7+,10-/m0/s1. The number of aliphatic hydroxyl groups excluding tert-OH is 2. The van der Waals surface area contributed by atoms with Crippen LogP contribution in [0.2, 0.25) is 0 Å². The van der Waals surface area contributed by atoms with E-state index in [1.165, 1.54) is 17.2 Å². The number of nitrogens with zero attached hydrogens (tertiary/aromatic N) is 3. The number of aromatic amines is 1. The Balaban J connectivity index is 2.06. The highest BCUT2D eigenvalue weighted by Crippen LogP contribution is 2.31. The number of aliphatic hydroxyl groups is 2. The SMILES string of the molecule is O=c1[nH]cnc2c1ncn2[C@H]1O[C@@H](CCl)[C@H](O)[C@H]1O. The van der Waals surface area contributed by atoms with Crippen molar-refractivity contribution in [2.75, 3.05) is 5.88 Å². The van der Waals surface area contributed by atoms with Crippen LogP contribution in [-0.4, -0.2) is 53.9 Å². The van der Waals surface area contributed by atoms with Crippen molar-refractivity contribution in [3.63, 3.8) is 0 Å². The van der Waals surface area contributed by atoms with E-state index in [0.29, 0.717) is 0 Å². The molecular formula is C10H11ClN4O4. The maximum absolute atomic E-state index is 11.5. The lowest BCUT2D eigenvalue weighted by atomic mass is 10.1. The number of hydrogen-bond donors (Lipinski definition) is 3. The zero-order valence-electron chi connectivity index (χ0n) is 9.60. The molecule has 8 nitrogen and oxygen atoms in total. The Labute approximate surface area is 111 Å². The van der Waals surface area contributed by atoms with Crippen molar-refractivity contribution in [2.24, 2.45) is 0 Å². The van der Waals surface area contributed by atoms with Crippen LogP contribution in [0.4, 0.5) is 0 Å². The molecule has 1 aliphatic heterocycles. The summed E-state index contributed by atoms with van der Waals surface area (Å²) in [4.78, 5) is 21.9. The minimum atomic E-state index is -1.16. The predicted octanol–water partition coefficient (Wildman–Crippen LogP) is -1.02. The third kappa shape index (κ3) is 1.84. The normalized spacial score (nSPS) is 31.1. The van der Waals surface area contributed by atoms with E-state index in [2.05, 4.69) is 15.0 Å². The highest BCUT2D eigenvalue weighted by atomic mass is 35.5. The molecule has 1 fully saturated rings. The number of H-pyrrole nitrogens is 1. The van der Waals surface area contributed by atoms with Crippen LogP contribution in [0.3, 0.4) is 0 Å². The summed E-state index contributed by atoms with van der Waals surface area (Å²) < 4.78 is 6.87. The van der Waals surface area contributed by atoms with Crippen molar-refractivity contribution in [3.05, 3.63) is 23.0 Å². The molecule has 2 aromatic rings. The van der Waals surface area contributed by atoms with Crippen LogP contribution in [-0.2, 0) is 4.74 Å². The van der Waals surface area contributed by atoms with Gasteiger partial charge in [-0.05, 0) is 0 Å². The summed E-state index contributed by atoms with van der Waals surface area (Å²) in [5, 5.41) is 19.7. The molecule has 0 spiro atoms. The summed E-state index contributed by atoms with van der Waals surface area (Å²) in [6.45, 7) is 0. The van der Waals surface area contributed by atoms with Gasteiger partial charge in [0.1, 0.15) is 18.3 Å². The Morgan fingerprint density at radius 2 is 2.21 bits per heavy atom. The van der Waals surface area contributed by atoms with Crippen LogP contribution in [0.1, 0.15) is 6.23 Å². The van der Waals surface area contributed by atoms with Crippen molar-refractivity contribution in [1.82, 2.24) is 19.5 Å². The number of aromatic nitrogens is 4. The molecular weight excluding hydrogens is 276 g/mol.